The van der Waals surface area contributed by atoms with Crippen molar-refractivity contribution >= 4 is 15.9 Å². The van der Waals surface area contributed by atoms with Crippen LogP contribution in [0.5, 0.6) is 0 Å². The molecule has 156 valence electrons. The highest BCUT2D eigenvalue weighted by atomic mass is 79.9. The zero-order chi connectivity index (χ0) is 22.1. The van der Waals surface area contributed by atoms with E-state index in [0.29, 0.717) is 10.3 Å². The third-order valence-electron chi connectivity index (χ3n) is 5.62. The van der Waals surface area contributed by atoms with Crippen molar-refractivity contribution < 1.29 is 5.11 Å². The normalized spacial score (nSPS) is 13.6. The Morgan fingerprint density at radius 2 is 1.29 bits per heavy atom. The summed E-state index contributed by atoms with van der Waals surface area (Å²) in [5.41, 5.74) is 3.82. The molecule has 0 fully saturated rings. The van der Waals surface area contributed by atoms with Gasteiger partial charge >= 0.3 is 0 Å². The minimum atomic E-state index is -1.42. The first kappa shape index (κ1) is 21.5. The molecule has 0 radical (unpaired) electrons. The van der Waals surface area contributed by atoms with Gasteiger partial charge in [0, 0.05) is 5.56 Å². The van der Waals surface area contributed by atoms with Crippen molar-refractivity contribution in [1.29, 1.82) is 0 Å². The Hall–Kier alpha value is -2.75. The largest absolute Gasteiger partial charge is 0.374 e. The van der Waals surface area contributed by atoms with E-state index in [0.717, 1.165) is 27.8 Å². The maximum atomic E-state index is 12.5. The lowest BCUT2D eigenvalue weighted by Gasteiger charge is -2.32. The lowest BCUT2D eigenvalue weighted by molar-refractivity contribution is 0.121. The molecule has 0 aliphatic carbocycles. The smallest absolute Gasteiger partial charge is 0.157 e. The highest BCUT2D eigenvalue weighted by molar-refractivity contribution is 9.10. The van der Waals surface area contributed by atoms with Crippen LogP contribution in [-0.4, -0.2) is 10.1 Å². The summed E-state index contributed by atoms with van der Waals surface area (Å²) < 4.78 is 0.710. The molecule has 0 bridgehead atoms. The molecule has 4 rings (SSSR count). The lowest BCUT2D eigenvalue weighted by atomic mass is 9.78. The Kier molecular flexibility index (Phi) is 5.83. The van der Waals surface area contributed by atoms with Crippen LogP contribution < -0.4 is 0 Å². The van der Waals surface area contributed by atoms with Gasteiger partial charge < -0.3 is 5.11 Å². The molecule has 2 nitrogen and oxygen atoms in total. The number of nitrogens with zero attached hydrogens (tertiary/aromatic N) is 1. The molecule has 0 saturated carbocycles. The van der Waals surface area contributed by atoms with Gasteiger partial charge in [0.25, 0.3) is 0 Å². The molecule has 3 aromatic carbocycles. The van der Waals surface area contributed by atoms with Gasteiger partial charge in [-0.15, -0.1) is 0 Å². The van der Waals surface area contributed by atoms with Gasteiger partial charge in [0.15, 0.2) is 5.60 Å². The van der Waals surface area contributed by atoms with Crippen molar-refractivity contribution in [2.24, 2.45) is 0 Å². The lowest BCUT2D eigenvalue weighted by Crippen LogP contribution is -2.31. The van der Waals surface area contributed by atoms with Gasteiger partial charge in [-0.2, -0.15) is 0 Å². The standard InChI is InChI=1S/C28H26BrNO/c1-27(2,3)22-18-25(30-26(29)19-22)28(31,21-14-8-5-9-15-21)24-17-11-10-16-23(24)20-12-6-4-7-13-20/h4-19,31H,1-3H3. The van der Waals surface area contributed by atoms with Crippen LogP contribution in [0.1, 0.15) is 43.2 Å². The molecule has 1 aromatic heterocycles. The Bertz CT molecular complexity index is 1180. The average molecular weight is 472 g/mol. The number of aliphatic hydroxyl groups is 1. The molecule has 0 saturated heterocycles. The second-order valence-corrected chi connectivity index (χ2v) is 9.61. The van der Waals surface area contributed by atoms with Crippen LogP contribution in [0.2, 0.25) is 0 Å². The number of aromatic nitrogens is 1. The van der Waals surface area contributed by atoms with Gasteiger partial charge in [0.2, 0.25) is 0 Å². The predicted molar refractivity (Wildman–Crippen MR) is 131 cm³/mol. The number of benzene rings is 3. The summed E-state index contributed by atoms with van der Waals surface area (Å²) in [5.74, 6) is 0. The Labute approximate surface area is 192 Å². The zero-order valence-corrected chi connectivity index (χ0v) is 19.6. The van der Waals surface area contributed by atoms with Crippen LogP contribution in [0, 0.1) is 0 Å². The SMILES string of the molecule is CC(C)(C)c1cc(Br)nc(C(O)(c2ccccc2)c2ccccc2-c2ccccc2)c1. The molecular formula is C28H26BrNO. The van der Waals surface area contributed by atoms with E-state index in [1.54, 1.807) is 0 Å². The van der Waals surface area contributed by atoms with E-state index in [1.165, 1.54) is 0 Å². The minimum absolute atomic E-state index is 0.0866. The fourth-order valence-electron chi connectivity index (χ4n) is 3.90. The van der Waals surface area contributed by atoms with Gasteiger partial charge in [-0.3, -0.25) is 0 Å². The number of rotatable bonds is 4. The molecule has 3 heteroatoms. The molecule has 0 aliphatic heterocycles. The third-order valence-corrected chi connectivity index (χ3v) is 6.03. The zero-order valence-electron chi connectivity index (χ0n) is 18.0. The first-order valence-electron chi connectivity index (χ1n) is 10.4. The maximum absolute atomic E-state index is 12.5. The van der Waals surface area contributed by atoms with Gasteiger partial charge in [-0.1, -0.05) is 106 Å². The molecule has 1 heterocycles. The first-order chi connectivity index (χ1) is 14.8. The summed E-state index contributed by atoms with van der Waals surface area (Å²) in [6, 6.07) is 32.0. The molecule has 31 heavy (non-hydrogen) atoms. The maximum Gasteiger partial charge on any atom is 0.157 e. The molecule has 0 aliphatic rings. The minimum Gasteiger partial charge on any atom is -0.374 e. The van der Waals surface area contributed by atoms with E-state index in [-0.39, 0.29) is 5.41 Å². The Morgan fingerprint density at radius 3 is 1.94 bits per heavy atom. The third kappa shape index (κ3) is 4.21. The van der Waals surface area contributed by atoms with Crippen molar-refractivity contribution in [3.05, 3.63) is 124 Å². The highest BCUT2D eigenvalue weighted by Crippen LogP contribution is 2.42. The Morgan fingerprint density at radius 1 is 0.710 bits per heavy atom. The van der Waals surface area contributed by atoms with Gasteiger partial charge in [-0.05, 0) is 55.7 Å². The van der Waals surface area contributed by atoms with Crippen molar-refractivity contribution in [1.82, 2.24) is 4.98 Å². The van der Waals surface area contributed by atoms with E-state index in [2.05, 4.69) is 54.9 Å². The van der Waals surface area contributed by atoms with E-state index >= 15 is 0 Å². The predicted octanol–water partition coefficient (Wildman–Crippen LogP) is 7.09. The van der Waals surface area contributed by atoms with E-state index in [9.17, 15) is 5.11 Å². The molecule has 4 aromatic rings. The number of pyridine rings is 1. The topological polar surface area (TPSA) is 33.1 Å². The van der Waals surface area contributed by atoms with Gasteiger partial charge in [0.1, 0.15) is 4.60 Å². The molecule has 1 unspecified atom stereocenters. The van der Waals surface area contributed by atoms with Gasteiger partial charge in [0.05, 0.1) is 5.69 Å². The fraction of sp³-hybridized carbons (Fsp3) is 0.179. The van der Waals surface area contributed by atoms with E-state index < -0.39 is 5.60 Å². The molecule has 0 amide bonds. The van der Waals surface area contributed by atoms with Crippen molar-refractivity contribution in [3.8, 4) is 11.1 Å². The number of halogens is 1. The van der Waals surface area contributed by atoms with Crippen LogP contribution in [0.4, 0.5) is 0 Å². The first-order valence-corrected chi connectivity index (χ1v) is 11.2. The molecular weight excluding hydrogens is 446 g/mol. The van der Waals surface area contributed by atoms with Crippen molar-refractivity contribution in [3.63, 3.8) is 0 Å². The van der Waals surface area contributed by atoms with Crippen LogP contribution in [0.25, 0.3) is 11.1 Å². The number of hydrogen-bond acceptors (Lipinski definition) is 2. The van der Waals surface area contributed by atoms with Crippen molar-refractivity contribution in [2.45, 2.75) is 31.8 Å². The van der Waals surface area contributed by atoms with Crippen molar-refractivity contribution in [2.75, 3.05) is 0 Å². The van der Waals surface area contributed by atoms with Crippen LogP contribution >= 0.6 is 15.9 Å². The summed E-state index contributed by atoms with van der Waals surface area (Å²) in [7, 11) is 0. The second-order valence-electron chi connectivity index (χ2n) is 8.80. The highest BCUT2D eigenvalue weighted by Gasteiger charge is 2.38. The number of hydrogen-bond donors (Lipinski definition) is 1. The average Bonchev–Trinajstić information content (AvgIpc) is 2.79. The fourth-order valence-corrected chi connectivity index (χ4v) is 4.34. The van der Waals surface area contributed by atoms with Crippen LogP contribution in [0.3, 0.4) is 0 Å². The summed E-state index contributed by atoms with van der Waals surface area (Å²) in [5, 5.41) is 12.5. The molecule has 1 atom stereocenters. The summed E-state index contributed by atoms with van der Waals surface area (Å²) in [6.45, 7) is 6.49. The molecule has 0 spiro atoms. The quantitative estimate of drug-likeness (QED) is 0.322. The summed E-state index contributed by atoms with van der Waals surface area (Å²) in [4.78, 5) is 4.77. The Balaban J connectivity index is 2.05. The second kappa shape index (κ2) is 8.41. The summed E-state index contributed by atoms with van der Waals surface area (Å²) >= 11 is 3.58. The molecule has 1 N–H and O–H groups in total. The monoisotopic (exact) mass is 471 g/mol. The van der Waals surface area contributed by atoms with E-state index in [1.807, 2.05) is 78.9 Å². The van der Waals surface area contributed by atoms with E-state index in [4.69, 9.17) is 4.98 Å². The van der Waals surface area contributed by atoms with Crippen LogP contribution in [-0.2, 0) is 11.0 Å². The van der Waals surface area contributed by atoms with Crippen LogP contribution in [0.15, 0.2) is 102 Å². The van der Waals surface area contributed by atoms with Gasteiger partial charge in [-0.25, -0.2) is 4.98 Å². The summed E-state index contributed by atoms with van der Waals surface area (Å²) in [6.07, 6.45) is 0.